The summed E-state index contributed by atoms with van der Waals surface area (Å²) in [5.41, 5.74) is 1.25. The molecule has 122 valence electrons. The lowest BCUT2D eigenvalue weighted by Crippen LogP contribution is -2.42. The SMILES string of the molecule is CNCC(C)C(=O)NCC1(c2ccccc2OC)CCCC1. The molecule has 2 N–H and O–H groups in total. The number of amides is 1. The number of rotatable bonds is 7. The van der Waals surface area contributed by atoms with Gasteiger partial charge in [0.25, 0.3) is 0 Å². The van der Waals surface area contributed by atoms with Crippen LogP contribution >= 0.6 is 0 Å². The van der Waals surface area contributed by atoms with Crippen molar-refractivity contribution in [1.82, 2.24) is 10.6 Å². The number of benzene rings is 1. The summed E-state index contributed by atoms with van der Waals surface area (Å²) >= 11 is 0. The summed E-state index contributed by atoms with van der Waals surface area (Å²) in [7, 11) is 3.59. The molecule has 4 nitrogen and oxygen atoms in total. The molecular formula is C18H28N2O2. The normalized spacial score (nSPS) is 18.0. The average Bonchev–Trinajstić information content (AvgIpc) is 3.02. The van der Waals surface area contributed by atoms with Crippen molar-refractivity contribution in [3.63, 3.8) is 0 Å². The van der Waals surface area contributed by atoms with Crippen LogP contribution in [0.5, 0.6) is 5.75 Å². The Morgan fingerprint density at radius 1 is 1.32 bits per heavy atom. The van der Waals surface area contributed by atoms with Gasteiger partial charge in [-0.3, -0.25) is 4.79 Å². The minimum Gasteiger partial charge on any atom is -0.496 e. The lowest BCUT2D eigenvalue weighted by atomic mass is 9.78. The minimum atomic E-state index is -0.0129. The zero-order valence-corrected chi connectivity index (χ0v) is 13.9. The van der Waals surface area contributed by atoms with Gasteiger partial charge in [-0.15, -0.1) is 0 Å². The Hall–Kier alpha value is -1.55. The van der Waals surface area contributed by atoms with Gasteiger partial charge in [0.1, 0.15) is 5.75 Å². The minimum absolute atomic E-state index is 0.0129. The van der Waals surface area contributed by atoms with Crippen LogP contribution in [0, 0.1) is 5.92 Å². The number of methoxy groups -OCH3 is 1. The number of hydrogen-bond acceptors (Lipinski definition) is 3. The van der Waals surface area contributed by atoms with Crippen LogP contribution in [0.3, 0.4) is 0 Å². The van der Waals surface area contributed by atoms with Gasteiger partial charge in [0.2, 0.25) is 5.91 Å². The lowest BCUT2D eigenvalue weighted by Gasteiger charge is -2.31. The summed E-state index contributed by atoms with van der Waals surface area (Å²) in [6.07, 6.45) is 4.63. The maximum Gasteiger partial charge on any atom is 0.224 e. The summed E-state index contributed by atoms with van der Waals surface area (Å²) in [4.78, 5) is 12.2. The monoisotopic (exact) mass is 304 g/mol. The Bertz CT molecular complexity index is 496. The molecule has 4 heteroatoms. The summed E-state index contributed by atoms with van der Waals surface area (Å²) in [6.45, 7) is 3.35. The molecular weight excluding hydrogens is 276 g/mol. The van der Waals surface area contributed by atoms with Crippen LogP contribution in [-0.4, -0.2) is 33.2 Å². The van der Waals surface area contributed by atoms with Crippen LogP contribution in [0.4, 0.5) is 0 Å². The first kappa shape index (κ1) is 16.8. The van der Waals surface area contributed by atoms with E-state index in [1.807, 2.05) is 26.1 Å². The van der Waals surface area contributed by atoms with Gasteiger partial charge in [-0.25, -0.2) is 0 Å². The summed E-state index contributed by atoms with van der Waals surface area (Å²) in [5.74, 6) is 1.04. The number of hydrogen-bond donors (Lipinski definition) is 2. The van der Waals surface area contributed by atoms with Crippen LogP contribution in [0.1, 0.15) is 38.2 Å². The third-order valence-electron chi connectivity index (χ3n) is 4.80. The molecule has 1 aromatic rings. The number of carbonyl (C=O) groups is 1. The zero-order valence-electron chi connectivity index (χ0n) is 13.9. The van der Waals surface area contributed by atoms with Gasteiger partial charge < -0.3 is 15.4 Å². The van der Waals surface area contributed by atoms with Crippen LogP contribution in [0.2, 0.25) is 0 Å². The molecule has 0 aromatic heterocycles. The van der Waals surface area contributed by atoms with Gasteiger partial charge in [-0.05, 0) is 26.0 Å². The van der Waals surface area contributed by atoms with E-state index in [9.17, 15) is 4.79 Å². The summed E-state index contributed by atoms with van der Waals surface area (Å²) in [6, 6.07) is 8.22. The van der Waals surface area contributed by atoms with Crippen molar-refractivity contribution < 1.29 is 9.53 Å². The summed E-state index contributed by atoms with van der Waals surface area (Å²) in [5, 5.41) is 6.22. The van der Waals surface area contributed by atoms with Crippen LogP contribution in [0.15, 0.2) is 24.3 Å². The third-order valence-corrected chi connectivity index (χ3v) is 4.80. The second-order valence-corrected chi connectivity index (χ2v) is 6.36. The molecule has 22 heavy (non-hydrogen) atoms. The number of nitrogens with one attached hydrogen (secondary N) is 2. The molecule has 1 aliphatic rings. The molecule has 1 unspecified atom stereocenters. The molecule has 1 atom stereocenters. The molecule has 0 saturated heterocycles. The number of para-hydroxylation sites is 1. The van der Waals surface area contributed by atoms with E-state index in [2.05, 4.69) is 22.8 Å². The molecule has 1 aliphatic carbocycles. The van der Waals surface area contributed by atoms with Gasteiger partial charge in [0.05, 0.1) is 7.11 Å². The van der Waals surface area contributed by atoms with Crippen molar-refractivity contribution in [3.8, 4) is 5.75 Å². The van der Waals surface area contributed by atoms with Gasteiger partial charge >= 0.3 is 0 Å². The quantitative estimate of drug-likeness (QED) is 0.813. The Balaban J connectivity index is 2.14. The highest BCUT2D eigenvalue weighted by atomic mass is 16.5. The highest BCUT2D eigenvalue weighted by Gasteiger charge is 2.38. The predicted molar refractivity (Wildman–Crippen MR) is 89.2 cm³/mol. The highest BCUT2D eigenvalue weighted by Crippen LogP contribution is 2.44. The fraction of sp³-hybridized carbons (Fsp3) is 0.611. The molecule has 1 amide bonds. The van der Waals surface area contributed by atoms with Gasteiger partial charge in [-0.1, -0.05) is 38.0 Å². The lowest BCUT2D eigenvalue weighted by molar-refractivity contribution is -0.124. The maximum atomic E-state index is 12.2. The van der Waals surface area contributed by atoms with Crippen molar-refractivity contribution >= 4 is 5.91 Å². The number of carbonyl (C=O) groups excluding carboxylic acids is 1. The van der Waals surface area contributed by atoms with E-state index < -0.39 is 0 Å². The van der Waals surface area contributed by atoms with Crippen LogP contribution in [-0.2, 0) is 10.2 Å². The molecule has 0 spiro atoms. The maximum absolute atomic E-state index is 12.2. The van der Waals surface area contributed by atoms with E-state index in [1.165, 1.54) is 18.4 Å². The molecule has 1 fully saturated rings. The fourth-order valence-electron chi connectivity index (χ4n) is 3.51. The van der Waals surface area contributed by atoms with E-state index in [1.54, 1.807) is 7.11 Å². The second kappa shape index (κ2) is 7.63. The first-order valence-corrected chi connectivity index (χ1v) is 8.19. The topological polar surface area (TPSA) is 50.4 Å². The van der Waals surface area contributed by atoms with Gasteiger partial charge in [0, 0.05) is 30.0 Å². The smallest absolute Gasteiger partial charge is 0.224 e. The first-order valence-electron chi connectivity index (χ1n) is 8.19. The van der Waals surface area contributed by atoms with E-state index in [4.69, 9.17) is 4.74 Å². The molecule has 1 aromatic carbocycles. The van der Waals surface area contributed by atoms with Gasteiger partial charge in [0.15, 0.2) is 0 Å². The second-order valence-electron chi connectivity index (χ2n) is 6.36. The Labute approximate surface area is 133 Å². The Kier molecular flexibility index (Phi) is 5.83. The molecule has 0 radical (unpaired) electrons. The van der Waals surface area contributed by atoms with Gasteiger partial charge in [-0.2, -0.15) is 0 Å². The van der Waals surface area contributed by atoms with Crippen molar-refractivity contribution in [1.29, 1.82) is 0 Å². The zero-order chi connectivity index (χ0) is 16.0. The van der Waals surface area contributed by atoms with Crippen molar-refractivity contribution in [2.75, 3.05) is 27.2 Å². The largest absolute Gasteiger partial charge is 0.496 e. The molecule has 0 aliphatic heterocycles. The van der Waals surface area contributed by atoms with Crippen molar-refractivity contribution in [3.05, 3.63) is 29.8 Å². The molecule has 2 rings (SSSR count). The Morgan fingerprint density at radius 3 is 2.64 bits per heavy atom. The van der Waals surface area contributed by atoms with E-state index in [-0.39, 0.29) is 17.2 Å². The van der Waals surface area contributed by atoms with Crippen LogP contribution < -0.4 is 15.4 Å². The van der Waals surface area contributed by atoms with Crippen LogP contribution in [0.25, 0.3) is 0 Å². The van der Waals surface area contributed by atoms with Crippen molar-refractivity contribution in [2.24, 2.45) is 5.92 Å². The first-order chi connectivity index (χ1) is 10.6. The molecule has 1 saturated carbocycles. The standard InChI is InChI=1S/C18H28N2O2/c1-14(12-19-2)17(21)20-13-18(10-6-7-11-18)15-8-4-5-9-16(15)22-3/h4-5,8-9,14,19H,6-7,10-13H2,1-3H3,(H,20,21). The summed E-state index contributed by atoms with van der Waals surface area (Å²) < 4.78 is 5.55. The number of ether oxygens (including phenoxy) is 1. The molecule has 0 bridgehead atoms. The predicted octanol–water partition coefficient (Wildman–Crippen LogP) is 2.48. The highest BCUT2D eigenvalue weighted by molar-refractivity contribution is 5.78. The Morgan fingerprint density at radius 2 is 2.00 bits per heavy atom. The van der Waals surface area contributed by atoms with E-state index in [0.717, 1.165) is 18.6 Å². The molecule has 0 heterocycles. The average molecular weight is 304 g/mol. The van der Waals surface area contributed by atoms with Crippen molar-refractivity contribution in [2.45, 2.75) is 38.0 Å². The fourth-order valence-corrected chi connectivity index (χ4v) is 3.51. The third kappa shape index (κ3) is 3.61. The van der Waals surface area contributed by atoms with E-state index in [0.29, 0.717) is 13.1 Å². The van der Waals surface area contributed by atoms with E-state index >= 15 is 0 Å².